The van der Waals surface area contributed by atoms with Gasteiger partial charge in [-0.25, -0.2) is 0 Å². The molecule has 0 amide bonds. The molecule has 1 nitrogen and oxygen atoms in total. The summed E-state index contributed by atoms with van der Waals surface area (Å²) >= 11 is 0. The van der Waals surface area contributed by atoms with Crippen LogP contribution < -0.4 is 5.73 Å². The monoisotopic (exact) mass is 141 g/mol. The van der Waals surface area contributed by atoms with E-state index in [9.17, 15) is 0 Å². The molecule has 0 radical (unpaired) electrons. The lowest BCUT2D eigenvalue weighted by molar-refractivity contribution is 0.169. The summed E-state index contributed by atoms with van der Waals surface area (Å²) < 4.78 is 0. The Morgan fingerprint density at radius 1 is 1.40 bits per heavy atom. The molecule has 1 fully saturated rings. The van der Waals surface area contributed by atoms with Crippen molar-refractivity contribution in [3.8, 4) is 0 Å². The van der Waals surface area contributed by atoms with E-state index in [-0.39, 0.29) is 0 Å². The molecule has 1 rings (SSSR count). The van der Waals surface area contributed by atoms with E-state index in [1.807, 2.05) is 0 Å². The van der Waals surface area contributed by atoms with Crippen LogP contribution in [0.15, 0.2) is 0 Å². The smallest absolute Gasteiger partial charge is 0.00649 e. The van der Waals surface area contributed by atoms with Crippen molar-refractivity contribution < 1.29 is 0 Å². The van der Waals surface area contributed by atoms with Crippen molar-refractivity contribution in [2.45, 2.75) is 46.1 Å². The molecule has 60 valence electrons. The van der Waals surface area contributed by atoms with Crippen molar-refractivity contribution in [1.82, 2.24) is 0 Å². The molecule has 1 aliphatic carbocycles. The minimum Gasteiger partial charge on any atom is -0.327 e. The van der Waals surface area contributed by atoms with E-state index in [2.05, 4.69) is 20.8 Å². The lowest BCUT2D eigenvalue weighted by Gasteiger charge is -2.37. The first kappa shape index (κ1) is 8.06. The predicted octanol–water partition coefficient (Wildman–Crippen LogP) is 2.16. The van der Waals surface area contributed by atoms with Gasteiger partial charge in [0.05, 0.1) is 0 Å². The van der Waals surface area contributed by atoms with Crippen molar-refractivity contribution in [3.05, 3.63) is 0 Å². The SMILES string of the molecule is CC1CC(C)(C)CC[C@@H]1N. The van der Waals surface area contributed by atoms with Crippen LogP contribution >= 0.6 is 0 Å². The molecule has 0 heterocycles. The van der Waals surface area contributed by atoms with Gasteiger partial charge in [-0.15, -0.1) is 0 Å². The highest BCUT2D eigenvalue weighted by Gasteiger charge is 2.29. The molecular formula is C9H19N. The number of rotatable bonds is 0. The molecule has 0 bridgehead atoms. The molecule has 0 aliphatic heterocycles. The molecule has 10 heavy (non-hydrogen) atoms. The quantitative estimate of drug-likeness (QED) is 0.549. The second-order valence-electron chi connectivity index (χ2n) is 4.55. The van der Waals surface area contributed by atoms with E-state index in [1.165, 1.54) is 19.3 Å². The van der Waals surface area contributed by atoms with E-state index in [1.54, 1.807) is 0 Å². The van der Waals surface area contributed by atoms with Crippen LogP contribution in [0.25, 0.3) is 0 Å². The van der Waals surface area contributed by atoms with Gasteiger partial charge >= 0.3 is 0 Å². The van der Waals surface area contributed by atoms with Crippen LogP contribution in [0.3, 0.4) is 0 Å². The molecule has 0 aromatic heterocycles. The summed E-state index contributed by atoms with van der Waals surface area (Å²) in [6.45, 7) is 6.95. The Morgan fingerprint density at radius 3 is 2.40 bits per heavy atom. The third-order valence-corrected chi connectivity index (χ3v) is 2.76. The first-order valence-corrected chi connectivity index (χ1v) is 4.27. The average Bonchev–Trinajstić information content (AvgIpc) is 1.79. The molecule has 2 N–H and O–H groups in total. The fourth-order valence-electron chi connectivity index (χ4n) is 1.97. The summed E-state index contributed by atoms with van der Waals surface area (Å²) in [7, 11) is 0. The lowest BCUT2D eigenvalue weighted by atomic mass is 9.71. The molecule has 0 spiro atoms. The maximum atomic E-state index is 5.90. The second-order valence-corrected chi connectivity index (χ2v) is 4.55. The molecule has 1 saturated carbocycles. The van der Waals surface area contributed by atoms with E-state index in [0.29, 0.717) is 11.5 Å². The van der Waals surface area contributed by atoms with Gasteiger partial charge in [-0.3, -0.25) is 0 Å². The Kier molecular flexibility index (Phi) is 2.04. The van der Waals surface area contributed by atoms with Gasteiger partial charge in [0.1, 0.15) is 0 Å². The van der Waals surface area contributed by atoms with Crippen molar-refractivity contribution in [2.24, 2.45) is 17.1 Å². The van der Waals surface area contributed by atoms with Gasteiger partial charge in [0.2, 0.25) is 0 Å². The van der Waals surface area contributed by atoms with E-state index in [4.69, 9.17) is 5.73 Å². The number of nitrogens with two attached hydrogens (primary N) is 1. The van der Waals surface area contributed by atoms with Crippen LogP contribution in [0, 0.1) is 11.3 Å². The third-order valence-electron chi connectivity index (χ3n) is 2.76. The predicted molar refractivity (Wildman–Crippen MR) is 44.8 cm³/mol. The summed E-state index contributed by atoms with van der Waals surface area (Å²) in [6.07, 6.45) is 3.82. The van der Waals surface area contributed by atoms with Crippen molar-refractivity contribution in [1.29, 1.82) is 0 Å². The standard InChI is InChI=1S/C9H19N/c1-7-6-9(2,3)5-4-8(7)10/h7-8H,4-6,10H2,1-3H3/t7?,8-/m0/s1. The average molecular weight is 141 g/mol. The summed E-state index contributed by atoms with van der Waals surface area (Å²) in [5.74, 6) is 0.726. The van der Waals surface area contributed by atoms with Gasteiger partial charge in [-0.1, -0.05) is 20.8 Å². The van der Waals surface area contributed by atoms with Crippen LogP contribution in [0.5, 0.6) is 0 Å². The topological polar surface area (TPSA) is 26.0 Å². The van der Waals surface area contributed by atoms with Crippen LogP contribution in [-0.4, -0.2) is 6.04 Å². The molecule has 1 aliphatic rings. The van der Waals surface area contributed by atoms with Crippen molar-refractivity contribution >= 4 is 0 Å². The zero-order chi connectivity index (χ0) is 7.78. The minimum absolute atomic E-state index is 0.466. The normalized spacial score (nSPS) is 39.6. The zero-order valence-corrected chi connectivity index (χ0v) is 7.35. The molecule has 0 aromatic rings. The Morgan fingerprint density at radius 2 is 2.00 bits per heavy atom. The molecule has 0 aromatic carbocycles. The summed E-state index contributed by atoms with van der Waals surface area (Å²) in [5, 5.41) is 0. The maximum absolute atomic E-state index is 5.90. The number of hydrogen-bond acceptors (Lipinski definition) is 1. The molecular weight excluding hydrogens is 122 g/mol. The minimum atomic E-state index is 0.466. The Hall–Kier alpha value is -0.0400. The van der Waals surface area contributed by atoms with Gasteiger partial charge in [0.25, 0.3) is 0 Å². The highest BCUT2D eigenvalue weighted by atomic mass is 14.7. The first-order valence-electron chi connectivity index (χ1n) is 4.27. The Labute approximate surface area is 64.0 Å². The van der Waals surface area contributed by atoms with Gasteiger partial charge in [0, 0.05) is 6.04 Å². The fourth-order valence-corrected chi connectivity index (χ4v) is 1.97. The largest absolute Gasteiger partial charge is 0.327 e. The van der Waals surface area contributed by atoms with Crippen LogP contribution in [0.2, 0.25) is 0 Å². The van der Waals surface area contributed by atoms with E-state index >= 15 is 0 Å². The van der Waals surface area contributed by atoms with Crippen LogP contribution in [0.1, 0.15) is 40.0 Å². The number of hydrogen-bond donors (Lipinski definition) is 1. The van der Waals surface area contributed by atoms with E-state index in [0.717, 1.165) is 5.92 Å². The molecule has 1 heteroatoms. The van der Waals surface area contributed by atoms with E-state index < -0.39 is 0 Å². The van der Waals surface area contributed by atoms with Crippen molar-refractivity contribution in [2.75, 3.05) is 0 Å². The summed E-state index contributed by atoms with van der Waals surface area (Å²) in [6, 6.07) is 0.466. The van der Waals surface area contributed by atoms with Gasteiger partial charge in [0.15, 0.2) is 0 Å². The highest BCUT2D eigenvalue weighted by molar-refractivity contribution is 4.84. The molecule has 2 atom stereocenters. The zero-order valence-electron chi connectivity index (χ0n) is 7.35. The summed E-state index contributed by atoms with van der Waals surface area (Å²) in [5.41, 5.74) is 6.45. The lowest BCUT2D eigenvalue weighted by Crippen LogP contribution is -2.37. The van der Waals surface area contributed by atoms with Crippen LogP contribution in [0.4, 0.5) is 0 Å². The third kappa shape index (κ3) is 1.72. The van der Waals surface area contributed by atoms with Crippen molar-refractivity contribution in [3.63, 3.8) is 0 Å². The first-order chi connectivity index (χ1) is 4.51. The maximum Gasteiger partial charge on any atom is 0.00649 e. The van der Waals surface area contributed by atoms with Gasteiger partial charge in [-0.2, -0.15) is 0 Å². The summed E-state index contributed by atoms with van der Waals surface area (Å²) in [4.78, 5) is 0. The van der Waals surface area contributed by atoms with Crippen LogP contribution in [-0.2, 0) is 0 Å². The van der Waals surface area contributed by atoms with Gasteiger partial charge in [-0.05, 0) is 30.6 Å². The Bertz CT molecular complexity index is 118. The highest BCUT2D eigenvalue weighted by Crippen LogP contribution is 2.37. The Balaban J connectivity index is 2.49. The molecule has 1 unspecified atom stereocenters. The second kappa shape index (κ2) is 2.54. The molecule has 0 saturated heterocycles. The van der Waals surface area contributed by atoms with Gasteiger partial charge < -0.3 is 5.73 Å². The fraction of sp³-hybridized carbons (Fsp3) is 1.00.